The summed E-state index contributed by atoms with van der Waals surface area (Å²) < 4.78 is 1.52. The molecule has 3 aromatic rings. The van der Waals surface area contributed by atoms with Gasteiger partial charge in [0.2, 0.25) is 11.9 Å². The van der Waals surface area contributed by atoms with E-state index in [0.717, 1.165) is 11.1 Å². The first kappa shape index (κ1) is 19.3. The normalized spacial score (nSPS) is 11.7. The number of benzene rings is 1. The van der Waals surface area contributed by atoms with Crippen LogP contribution >= 0.6 is 0 Å². The summed E-state index contributed by atoms with van der Waals surface area (Å²) in [4.78, 5) is 20.2. The third kappa shape index (κ3) is 4.83. The van der Waals surface area contributed by atoms with Gasteiger partial charge in [-0.3, -0.25) is 9.48 Å². The summed E-state index contributed by atoms with van der Waals surface area (Å²) in [7, 11) is 1.58. The summed E-state index contributed by atoms with van der Waals surface area (Å²) in [6.07, 6.45) is 5.00. The van der Waals surface area contributed by atoms with Gasteiger partial charge in [-0.25, -0.2) is 4.98 Å². The fourth-order valence-corrected chi connectivity index (χ4v) is 2.60. The average molecular weight is 381 g/mol. The van der Waals surface area contributed by atoms with Gasteiger partial charge in [0.15, 0.2) is 0 Å². The minimum absolute atomic E-state index is 0.0670. The van der Waals surface area contributed by atoms with Crippen LogP contribution in [0.15, 0.2) is 48.9 Å². The number of amides is 1. The second-order valence-corrected chi connectivity index (χ2v) is 6.24. The highest BCUT2D eigenvalue weighted by Crippen LogP contribution is 2.22. The number of anilines is 3. The number of likely N-dealkylation sites (N-methyl/N-ethyl adjacent to an activating group) is 1. The van der Waals surface area contributed by atoms with Crippen molar-refractivity contribution in [2.75, 3.05) is 24.3 Å². The molecule has 9 nitrogen and oxygen atoms in total. The zero-order valence-electron chi connectivity index (χ0n) is 15.8. The number of rotatable bonds is 8. The summed E-state index contributed by atoms with van der Waals surface area (Å²) in [5, 5.41) is 22.8. The lowest BCUT2D eigenvalue weighted by molar-refractivity contribution is -0.121. The fraction of sp³-hybridized carbons (Fsp3) is 0.263. The van der Waals surface area contributed by atoms with Gasteiger partial charge in [0.25, 0.3) is 0 Å². The molecule has 0 spiro atoms. The monoisotopic (exact) mass is 381 g/mol. The van der Waals surface area contributed by atoms with E-state index in [-0.39, 0.29) is 25.1 Å². The van der Waals surface area contributed by atoms with Crippen LogP contribution in [0.3, 0.4) is 0 Å². The predicted molar refractivity (Wildman–Crippen MR) is 106 cm³/mol. The van der Waals surface area contributed by atoms with E-state index in [1.807, 2.05) is 37.3 Å². The molecule has 1 unspecified atom stereocenters. The van der Waals surface area contributed by atoms with Crippen LogP contribution in [-0.2, 0) is 11.3 Å². The van der Waals surface area contributed by atoms with Crippen LogP contribution in [-0.4, -0.2) is 44.4 Å². The topological polar surface area (TPSA) is 117 Å². The Hall–Kier alpha value is -3.46. The van der Waals surface area contributed by atoms with E-state index in [4.69, 9.17) is 0 Å². The summed E-state index contributed by atoms with van der Waals surface area (Å²) in [6.45, 7) is 1.96. The van der Waals surface area contributed by atoms with E-state index in [1.54, 1.807) is 25.6 Å². The summed E-state index contributed by atoms with van der Waals surface area (Å²) in [6, 6.07) is 9.40. The minimum atomic E-state index is -0.280. The number of carbonyl (C=O) groups is 1. The molecule has 0 bridgehead atoms. The maximum absolute atomic E-state index is 11.4. The van der Waals surface area contributed by atoms with Crippen molar-refractivity contribution in [1.29, 1.82) is 0 Å². The van der Waals surface area contributed by atoms with Gasteiger partial charge in [0, 0.05) is 25.0 Å². The quantitative estimate of drug-likeness (QED) is 0.468. The molecule has 0 fully saturated rings. The third-order valence-corrected chi connectivity index (χ3v) is 4.14. The second kappa shape index (κ2) is 8.96. The van der Waals surface area contributed by atoms with Gasteiger partial charge in [-0.1, -0.05) is 30.3 Å². The van der Waals surface area contributed by atoms with Crippen LogP contribution in [0.1, 0.15) is 17.2 Å². The Morgan fingerprint density at radius 1 is 1.25 bits per heavy atom. The van der Waals surface area contributed by atoms with Crippen LogP contribution in [0.4, 0.5) is 17.5 Å². The number of aliphatic hydroxyl groups is 1. The highest BCUT2D eigenvalue weighted by Gasteiger charge is 2.13. The maximum Gasteiger partial charge on any atom is 0.241 e. The molecule has 0 aliphatic carbocycles. The first-order chi connectivity index (χ1) is 13.6. The standard InChI is InChI=1S/C19H23N7O2/c1-13-8-21-19(23-15-9-22-26(10-15)11-17(28)20-2)25-18(13)24-16(12-27)14-6-4-3-5-7-14/h3-10,16,27H,11-12H2,1-2H3,(H,20,28)(H2,21,23,24,25). The van der Waals surface area contributed by atoms with Crippen LogP contribution in [0, 0.1) is 6.92 Å². The van der Waals surface area contributed by atoms with Gasteiger partial charge in [0.1, 0.15) is 12.4 Å². The molecular formula is C19H23N7O2. The lowest BCUT2D eigenvalue weighted by Gasteiger charge is -2.19. The van der Waals surface area contributed by atoms with Crippen LogP contribution in [0.2, 0.25) is 0 Å². The molecule has 0 saturated heterocycles. The Labute approximate surface area is 162 Å². The Morgan fingerprint density at radius 2 is 2.04 bits per heavy atom. The molecule has 1 aromatic carbocycles. The molecule has 0 aliphatic heterocycles. The molecule has 0 radical (unpaired) electrons. The summed E-state index contributed by atoms with van der Waals surface area (Å²) in [5.41, 5.74) is 2.49. The lowest BCUT2D eigenvalue weighted by Crippen LogP contribution is -2.23. The van der Waals surface area contributed by atoms with Crippen molar-refractivity contribution in [3.63, 3.8) is 0 Å². The van der Waals surface area contributed by atoms with E-state index in [9.17, 15) is 9.90 Å². The molecule has 0 aliphatic rings. The molecule has 2 heterocycles. The average Bonchev–Trinajstić information content (AvgIpc) is 3.15. The van der Waals surface area contributed by atoms with Crippen molar-refractivity contribution in [2.24, 2.45) is 0 Å². The van der Waals surface area contributed by atoms with Gasteiger partial charge in [-0.05, 0) is 12.5 Å². The zero-order chi connectivity index (χ0) is 19.9. The van der Waals surface area contributed by atoms with E-state index in [1.165, 1.54) is 4.68 Å². The van der Waals surface area contributed by atoms with Gasteiger partial charge >= 0.3 is 0 Å². The molecule has 1 amide bonds. The maximum atomic E-state index is 11.4. The fourth-order valence-electron chi connectivity index (χ4n) is 2.60. The first-order valence-corrected chi connectivity index (χ1v) is 8.85. The number of aromatic nitrogens is 4. The van der Waals surface area contributed by atoms with Crippen molar-refractivity contribution in [1.82, 2.24) is 25.1 Å². The van der Waals surface area contributed by atoms with Crippen LogP contribution in [0.5, 0.6) is 0 Å². The van der Waals surface area contributed by atoms with Crippen LogP contribution in [0.25, 0.3) is 0 Å². The van der Waals surface area contributed by atoms with Crippen molar-refractivity contribution >= 4 is 23.4 Å². The number of nitrogens with one attached hydrogen (secondary N) is 3. The number of nitrogens with zero attached hydrogens (tertiary/aromatic N) is 4. The van der Waals surface area contributed by atoms with Gasteiger partial charge in [0.05, 0.1) is 24.5 Å². The Morgan fingerprint density at radius 3 is 2.75 bits per heavy atom. The molecule has 2 aromatic heterocycles. The van der Waals surface area contributed by atoms with Gasteiger partial charge < -0.3 is 21.1 Å². The third-order valence-electron chi connectivity index (χ3n) is 4.14. The number of aliphatic hydroxyl groups excluding tert-OH is 1. The highest BCUT2D eigenvalue weighted by atomic mass is 16.3. The molecule has 146 valence electrons. The summed E-state index contributed by atoms with van der Waals surface area (Å²) >= 11 is 0. The molecule has 4 N–H and O–H groups in total. The molecule has 9 heteroatoms. The molecule has 3 rings (SSSR count). The van der Waals surface area contributed by atoms with Gasteiger partial charge in [-0.2, -0.15) is 10.1 Å². The summed E-state index contributed by atoms with van der Waals surface area (Å²) in [5.74, 6) is 0.874. The van der Waals surface area contributed by atoms with Crippen molar-refractivity contribution in [3.05, 3.63) is 60.0 Å². The highest BCUT2D eigenvalue weighted by molar-refractivity contribution is 5.75. The number of carbonyl (C=O) groups excluding carboxylic acids is 1. The minimum Gasteiger partial charge on any atom is -0.394 e. The van der Waals surface area contributed by atoms with Crippen LogP contribution < -0.4 is 16.0 Å². The first-order valence-electron chi connectivity index (χ1n) is 8.85. The van der Waals surface area contributed by atoms with E-state index in [2.05, 4.69) is 31.0 Å². The Kier molecular flexibility index (Phi) is 6.18. The number of aryl methyl sites for hydroxylation is 1. The van der Waals surface area contributed by atoms with E-state index in [0.29, 0.717) is 17.5 Å². The predicted octanol–water partition coefficient (Wildman–Crippen LogP) is 1.62. The van der Waals surface area contributed by atoms with E-state index < -0.39 is 0 Å². The van der Waals surface area contributed by atoms with Gasteiger partial charge in [-0.15, -0.1) is 0 Å². The number of hydrogen-bond acceptors (Lipinski definition) is 7. The zero-order valence-corrected chi connectivity index (χ0v) is 15.8. The number of hydrogen-bond donors (Lipinski definition) is 4. The Balaban J connectivity index is 1.73. The SMILES string of the molecule is CNC(=O)Cn1cc(Nc2ncc(C)c(NC(CO)c3ccccc3)n2)cn1. The molecule has 28 heavy (non-hydrogen) atoms. The van der Waals surface area contributed by atoms with Crippen molar-refractivity contribution in [3.8, 4) is 0 Å². The Bertz CT molecular complexity index is 927. The lowest BCUT2D eigenvalue weighted by atomic mass is 10.1. The molecular weight excluding hydrogens is 358 g/mol. The molecule has 1 atom stereocenters. The largest absolute Gasteiger partial charge is 0.394 e. The van der Waals surface area contributed by atoms with E-state index >= 15 is 0 Å². The molecule has 0 saturated carbocycles. The smallest absolute Gasteiger partial charge is 0.241 e. The van der Waals surface area contributed by atoms with Crippen molar-refractivity contribution in [2.45, 2.75) is 19.5 Å². The second-order valence-electron chi connectivity index (χ2n) is 6.24. The van der Waals surface area contributed by atoms with Crippen molar-refractivity contribution < 1.29 is 9.90 Å².